The number of imidazole rings is 1. The van der Waals surface area contributed by atoms with Gasteiger partial charge in [0.15, 0.2) is 0 Å². The molecule has 7 nitrogen and oxygen atoms in total. The number of para-hydroxylation sites is 2. The van der Waals surface area contributed by atoms with Crippen molar-refractivity contribution in [3.8, 4) is 5.75 Å². The molecule has 1 saturated heterocycles. The van der Waals surface area contributed by atoms with Crippen LogP contribution in [0.2, 0.25) is 0 Å². The third kappa shape index (κ3) is 5.00. The van der Waals surface area contributed by atoms with Gasteiger partial charge in [0.2, 0.25) is 0 Å². The van der Waals surface area contributed by atoms with Crippen LogP contribution in [0.4, 0.5) is 0 Å². The van der Waals surface area contributed by atoms with Gasteiger partial charge in [0.25, 0.3) is 0 Å². The van der Waals surface area contributed by atoms with Crippen LogP contribution in [-0.2, 0) is 26.0 Å². The summed E-state index contributed by atoms with van der Waals surface area (Å²) in [5, 5.41) is 0.334. The number of hydrogen-bond donors (Lipinski definition) is 0. The van der Waals surface area contributed by atoms with Crippen LogP contribution in [0.15, 0.2) is 41.7 Å². The second-order valence-corrected chi connectivity index (χ2v) is 7.75. The van der Waals surface area contributed by atoms with E-state index in [-0.39, 0.29) is 41.2 Å². The Hall–Kier alpha value is -1.29. The van der Waals surface area contributed by atoms with Gasteiger partial charge in [-0.3, -0.25) is 9.19 Å². The van der Waals surface area contributed by atoms with Gasteiger partial charge in [0.05, 0.1) is 42.1 Å². The van der Waals surface area contributed by atoms with E-state index in [4.69, 9.17) is 14.2 Å². The van der Waals surface area contributed by atoms with Gasteiger partial charge < -0.3 is 24.2 Å². The number of pyridine rings is 1. The predicted molar refractivity (Wildman–Crippen MR) is 99.9 cm³/mol. The fourth-order valence-electron chi connectivity index (χ4n) is 2.88. The summed E-state index contributed by atoms with van der Waals surface area (Å²) in [5.41, 5.74) is 3.09. The maximum atomic E-state index is 12.7. The van der Waals surface area contributed by atoms with Gasteiger partial charge in [-0.25, -0.2) is 0 Å². The molecule has 1 aliphatic rings. The van der Waals surface area contributed by atoms with E-state index in [1.54, 1.807) is 6.20 Å². The maximum Gasteiger partial charge on any atom is 1.00 e. The predicted octanol–water partition coefficient (Wildman–Crippen LogP) is -0.793. The van der Waals surface area contributed by atoms with Crippen molar-refractivity contribution >= 4 is 21.8 Å². The fourth-order valence-corrected chi connectivity index (χ4v) is 3.95. The first kappa shape index (κ1) is 21.4. The Morgan fingerprint density at radius 3 is 2.82 bits per heavy atom. The quantitative estimate of drug-likeness (QED) is 0.493. The summed E-state index contributed by atoms with van der Waals surface area (Å²) in [6.07, 6.45) is 1.67. The van der Waals surface area contributed by atoms with E-state index in [0.29, 0.717) is 31.8 Å². The molecule has 1 atom stereocenters. The number of ether oxygens (including phenoxy) is 3. The monoisotopic (exact) mass is 409 g/mol. The number of rotatable bonds is 6. The molecule has 0 spiro atoms. The fraction of sp³-hybridized carbons (Fsp3) is 0.368. The first-order chi connectivity index (χ1) is 13.2. The molecule has 0 radical (unpaired) electrons. The van der Waals surface area contributed by atoms with E-state index in [9.17, 15) is 4.21 Å². The molecule has 0 bridgehead atoms. The van der Waals surface area contributed by atoms with E-state index in [1.807, 2.05) is 37.3 Å². The van der Waals surface area contributed by atoms with Crippen molar-refractivity contribution in [3.63, 3.8) is 0 Å². The molecule has 3 aromatic rings. The van der Waals surface area contributed by atoms with Gasteiger partial charge in [-0.05, 0) is 24.0 Å². The van der Waals surface area contributed by atoms with Crippen LogP contribution in [-0.4, -0.2) is 40.8 Å². The van der Waals surface area contributed by atoms with Crippen molar-refractivity contribution < 1.29 is 48.0 Å². The van der Waals surface area contributed by atoms with Crippen molar-refractivity contribution in [1.29, 1.82) is 0 Å². The number of nitrogens with zero attached hydrogens (tertiary/aromatic N) is 3. The molecule has 4 rings (SSSR count). The Kier molecular flexibility index (Phi) is 7.62. The van der Waals surface area contributed by atoms with Gasteiger partial charge in [-0.2, -0.15) is 0 Å². The minimum absolute atomic E-state index is 0. The Balaban J connectivity index is 0.00000225. The number of aromatic nitrogens is 3. The summed E-state index contributed by atoms with van der Waals surface area (Å²) in [7, 11) is -1.37. The zero-order chi connectivity index (χ0) is 18.6. The average molecular weight is 409 g/mol. The van der Waals surface area contributed by atoms with E-state index in [2.05, 4.69) is 15.0 Å². The van der Waals surface area contributed by atoms with E-state index >= 15 is 0 Å². The molecule has 3 heterocycles. The number of hydrogen-bond acceptors (Lipinski definition) is 6. The molecule has 0 N–H and O–H groups in total. The standard InChI is InChI=1S/C19H20N3O4S.Na/c1-13-17(11-27(23)19-21-15-4-2-3-5-16(15)22-19)20-7-6-18(13)26-10-14-8-24-12-25-9-14;/h2-7,14H,8-12H2,1H3;/q-1;+1. The topological polar surface area (TPSA) is 84.6 Å². The second-order valence-electron chi connectivity index (χ2n) is 6.40. The second kappa shape index (κ2) is 9.96. The summed E-state index contributed by atoms with van der Waals surface area (Å²) in [5.74, 6) is 1.18. The van der Waals surface area contributed by atoms with Crippen molar-refractivity contribution in [2.24, 2.45) is 5.92 Å². The van der Waals surface area contributed by atoms with Crippen LogP contribution in [0.5, 0.6) is 5.75 Å². The van der Waals surface area contributed by atoms with Gasteiger partial charge in [-0.15, -0.1) is 0 Å². The normalized spacial score (nSPS) is 15.9. The van der Waals surface area contributed by atoms with Gasteiger partial charge in [-0.1, -0.05) is 24.3 Å². The maximum absolute atomic E-state index is 12.7. The van der Waals surface area contributed by atoms with Crippen LogP contribution in [0.25, 0.3) is 11.0 Å². The molecule has 1 aliphatic heterocycles. The molecule has 0 saturated carbocycles. The number of fused-ring (bicyclic) bond motifs is 1. The van der Waals surface area contributed by atoms with Crippen molar-refractivity contribution in [2.45, 2.75) is 17.8 Å². The molecule has 0 aliphatic carbocycles. The van der Waals surface area contributed by atoms with E-state index in [0.717, 1.165) is 28.0 Å². The molecular formula is C19H20N3NaO4S. The third-order valence-corrected chi connectivity index (χ3v) is 5.52. The minimum Gasteiger partial charge on any atom is -0.493 e. The average Bonchev–Trinajstić information content (AvgIpc) is 3.14. The molecule has 142 valence electrons. The summed E-state index contributed by atoms with van der Waals surface area (Å²) < 4.78 is 29.2. The van der Waals surface area contributed by atoms with Gasteiger partial charge >= 0.3 is 29.6 Å². The third-order valence-electron chi connectivity index (χ3n) is 4.39. The molecule has 28 heavy (non-hydrogen) atoms. The van der Waals surface area contributed by atoms with Crippen molar-refractivity contribution in [2.75, 3.05) is 26.6 Å². The van der Waals surface area contributed by atoms with E-state index < -0.39 is 10.8 Å². The van der Waals surface area contributed by atoms with Crippen molar-refractivity contribution in [1.82, 2.24) is 15.0 Å². The van der Waals surface area contributed by atoms with Crippen LogP contribution < -0.4 is 39.3 Å². The molecule has 1 unspecified atom stereocenters. The van der Waals surface area contributed by atoms with Crippen molar-refractivity contribution in [3.05, 3.63) is 47.8 Å². The zero-order valence-electron chi connectivity index (χ0n) is 16.0. The Bertz CT molecular complexity index is 926. The Morgan fingerprint density at radius 2 is 2.04 bits per heavy atom. The smallest absolute Gasteiger partial charge is 0.493 e. The molecule has 0 amide bonds. The van der Waals surface area contributed by atoms with E-state index in [1.165, 1.54) is 0 Å². The molecular weight excluding hydrogens is 389 g/mol. The first-order valence-electron chi connectivity index (χ1n) is 8.71. The van der Waals surface area contributed by atoms with Gasteiger partial charge in [0.1, 0.15) is 12.5 Å². The minimum atomic E-state index is -1.37. The van der Waals surface area contributed by atoms with Crippen LogP contribution in [0.3, 0.4) is 0 Å². The zero-order valence-corrected chi connectivity index (χ0v) is 18.8. The molecule has 9 heteroatoms. The number of benzene rings is 1. The summed E-state index contributed by atoms with van der Waals surface area (Å²) in [6, 6.07) is 9.32. The molecule has 1 aromatic carbocycles. The molecule has 2 aromatic heterocycles. The summed E-state index contributed by atoms with van der Waals surface area (Å²) in [4.78, 5) is 13.1. The largest absolute Gasteiger partial charge is 1.00 e. The SMILES string of the molecule is Cc1c(OCC2COCOC2)ccnc1CS(=O)c1nc2ccccc2[n-]1.[Na+]. The summed E-state index contributed by atoms with van der Waals surface area (Å²) >= 11 is 0. The van der Waals surface area contributed by atoms with Crippen LogP contribution in [0, 0.1) is 12.8 Å². The van der Waals surface area contributed by atoms with Crippen LogP contribution in [0.1, 0.15) is 11.3 Å². The summed E-state index contributed by atoms with van der Waals surface area (Å²) in [6.45, 7) is 4.03. The Labute approximate surface area is 187 Å². The molecule has 1 fully saturated rings. The first-order valence-corrected chi connectivity index (χ1v) is 10.0. The van der Waals surface area contributed by atoms with Gasteiger partial charge in [0, 0.05) is 22.8 Å². The van der Waals surface area contributed by atoms with Crippen LogP contribution >= 0.6 is 0 Å². The Morgan fingerprint density at radius 1 is 1.25 bits per heavy atom.